The Labute approximate surface area is 105 Å². The molecular formula is C12H20F3NO2. The zero-order valence-corrected chi connectivity index (χ0v) is 10.5. The highest BCUT2D eigenvalue weighted by molar-refractivity contribution is 5.67. The maximum atomic E-state index is 12.8. The summed E-state index contributed by atoms with van der Waals surface area (Å²) in [6.07, 6.45) is -0.196. The normalized spacial score (nSPS) is 20.1. The standard InChI is InChI=1S/C12H20F3NO2/c1-16(8-9-5-3-2-4-6-9)10(7-11(17)18)12(13,14)15/h9-10H,2-8H2,1H3,(H,17,18). The minimum Gasteiger partial charge on any atom is -0.481 e. The lowest BCUT2D eigenvalue weighted by atomic mass is 9.88. The second kappa shape index (κ2) is 6.41. The van der Waals surface area contributed by atoms with Crippen LogP contribution in [0.3, 0.4) is 0 Å². The van der Waals surface area contributed by atoms with Crippen LogP contribution in [-0.4, -0.2) is 41.8 Å². The van der Waals surface area contributed by atoms with E-state index < -0.39 is 24.6 Å². The number of hydrogen-bond donors (Lipinski definition) is 1. The molecule has 1 rings (SSSR count). The molecule has 0 aliphatic heterocycles. The van der Waals surface area contributed by atoms with Gasteiger partial charge >= 0.3 is 12.1 Å². The van der Waals surface area contributed by atoms with E-state index in [1.165, 1.54) is 7.05 Å². The molecule has 106 valence electrons. The van der Waals surface area contributed by atoms with Crippen LogP contribution in [0.2, 0.25) is 0 Å². The van der Waals surface area contributed by atoms with E-state index in [0.717, 1.165) is 37.0 Å². The van der Waals surface area contributed by atoms with Gasteiger partial charge in [0.05, 0.1) is 6.42 Å². The van der Waals surface area contributed by atoms with Crippen molar-refractivity contribution in [1.82, 2.24) is 4.90 Å². The van der Waals surface area contributed by atoms with Crippen molar-refractivity contribution in [2.75, 3.05) is 13.6 Å². The smallest absolute Gasteiger partial charge is 0.404 e. The number of hydrogen-bond acceptors (Lipinski definition) is 2. The predicted molar refractivity (Wildman–Crippen MR) is 61.3 cm³/mol. The lowest BCUT2D eigenvalue weighted by Gasteiger charge is -2.33. The molecule has 0 spiro atoms. The van der Waals surface area contributed by atoms with Crippen LogP contribution in [-0.2, 0) is 4.79 Å². The molecule has 1 fully saturated rings. The van der Waals surface area contributed by atoms with Gasteiger partial charge in [-0.05, 0) is 25.8 Å². The molecule has 0 radical (unpaired) electrons. The van der Waals surface area contributed by atoms with Crippen molar-refractivity contribution in [3.05, 3.63) is 0 Å². The van der Waals surface area contributed by atoms with Gasteiger partial charge in [-0.1, -0.05) is 19.3 Å². The monoisotopic (exact) mass is 267 g/mol. The summed E-state index contributed by atoms with van der Waals surface area (Å²) in [4.78, 5) is 11.7. The largest absolute Gasteiger partial charge is 0.481 e. The van der Waals surface area contributed by atoms with Crippen molar-refractivity contribution < 1.29 is 23.1 Å². The Bertz CT molecular complexity index is 275. The Kier molecular flexibility index (Phi) is 5.44. The zero-order chi connectivity index (χ0) is 13.8. The molecule has 1 aliphatic rings. The van der Waals surface area contributed by atoms with Gasteiger partial charge in [-0.3, -0.25) is 9.69 Å². The van der Waals surface area contributed by atoms with Crippen molar-refractivity contribution in [3.8, 4) is 0 Å². The summed E-state index contributed by atoms with van der Waals surface area (Å²) in [6, 6.07) is -1.88. The molecule has 1 aliphatic carbocycles. The van der Waals surface area contributed by atoms with Crippen LogP contribution < -0.4 is 0 Å². The van der Waals surface area contributed by atoms with Crippen LogP contribution in [0.4, 0.5) is 13.2 Å². The van der Waals surface area contributed by atoms with Gasteiger partial charge < -0.3 is 5.11 Å². The highest BCUT2D eigenvalue weighted by Gasteiger charge is 2.43. The van der Waals surface area contributed by atoms with E-state index in [2.05, 4.69) is 0 Å². The van der Waals surface area contributed by atoms with E-state index in [-0.39, 0.29) is 5.92 Å². The van der Waals surface area contributed by atoms with Crippen LogP contribution >= 0.6 is 0 Å². The fourth-order valence-corrected chi connectivity index (χ4v) is 2.59. The average molecular weight is 267 g/mol. The first-order chi connectivity index (χ1) is 8.30. The molecule has 0 saturated heterocycles. The third kappa shape index (κ3) is 4.84. The first-order valence-electron chi connectivity index (χ1n) is 6.29. The van der Waals surface area contributed by atoms with Crippen molar-refractivity contribution in [2.45, 2.75) is 50.7 Å². The number of rotatable bonds is 5. The summed E-state index contributed by atoms with van der Waals surface area (Å²) >= 11 is 0. The molecule has 1 atom stereocenters. The Morgan fingerprint density at radius 2 is 1.89 bits per heavy atom. The van der Waals surface area contributed by atoms with Crippen LogP contribution in [0.1, 0.15) is 38.5 Å². The van der Waals surface area contributed by atoms with Crippen LogP contribution in [0, 0.1) is 5.92 Å². The number of carboxylic acid groups (broad SMARTS) is 1. The Hall–Kier alpha value is -0.780. The molecule has 6 heteroatoms. The number of halogens is 3. The summed E-state index contributed by atoms with van der Waals surface area (Å²) in [5.74, 6) is -1.14. The minimum atomic E-state index is -4.48. The number of nitrogens with zero attached hydrogens (tertiary/aromatic N) is 1. The molecule has 1 N–H and O–H groups in total. The summed E-state index contributed by atoms with van der Waals surface area (Å²) < 4.78 is 38.3. The zero-order valence-electron chi connectivity index (χ0n) is 10.5. The van der Waals surface area contributed by atoms with E-state index in [0.29, 0.717) is 6.54 Å². The van der Waals surface area contributed by atoms with Crippen molar-refractivity contribution >= 4 is 5.97 Å². The fourth-order valence-electron chi connectivity index (χ4n) is 2.59. The maximum absolute atomic E-state index is 12.8. The molecule has 0 amide bonds. The van der Waals surface area contributed by atoms with E-state index in [4.69, 9.17) is 5.11 Å². The Morgan fingerprint density at radius 3 is 2.33 bits per heavy atom. The van der Waals surface area contributed by atoms with Gasteiger partial charge in [0.15, 0.2) is 0 Å². The van der Waals surface area contributed by atoms with Gasteiger partial charge in [0.2, 0.25) is 0 Å². The number of alkyl halides is 3. The van der Waals surface area contributed by atoms with Gasteiger partial charge in [0.1, 0.15) is 6.04 Å². The maximum Gasteiger partial charge on any atom is 0.404 e. The van der Waals surface area contributed by atoms with Crippen LogP contribution in [0.25, 0.3) is 0 Å². The second-order valence-electron chi connectivity index (χ2n) is 5.10. The molecule has 0 bridgehead atoms. The molecule has 1 saturated carbocycles. The Balaban J connectivity index is 2.57. The number of aliphatic carboxylic acids is 1. The first-order valence-corrected chi connectivity index (χ1v) is 6.29. The third-order valence-corrected chi connectivity index (χ3v) is 3.55. The molecule has 0 aromatic heterocycles. The Morgan fingerprint density at radius 1 is 1.33 bits per heavy atom. The van der Waals surface area contributed by atoms with Gasteiger partial charge in [0, 0.05) is 6.54 Å². The van der Waals surface area contributed by atoms with E-state index in [1.807, 2.05) is 0 Å². The summed E-state index contributed by atoms with van der Waals surface area (Å²) in [5, 5.41) is 8.58. The molecule has 0 aromatic rings. The molecule has 3 nitrogen and oxygen atoms in total. The molecule has 0 aromatic carbocycles. The fraction of sp³-hybridized carbons (Fsp3) is 0.917. The quantitative estimate of drug-likeness (QED) is 0.832. The van der Waals surface area contributed by atoms with Crippen molar-refractivity contribution in [1.29, 1.82) is 0 Å². The summed E-state index contributed by atoms with van der Waals surface area (Å²) in [5.41, 5.74) is 0. The van der Waals surface area contributed by atoms with Gasteiger partial charge in [-0.15, -0.1) is 0 Å². The van der Waals surface area contributed by atoms with Crippen molar-refractivity contribution in [2.24, 2.45) is 5.92 Å². The summed E-state index contributed by atoms with van der Waals surface area (Å²) in [6.45, 7) is 0.331. The lowest BCUT2D eigenvalue weighted by Crippen LogP contribution is -2.46. The van der Waals surface area contributed by atoms with E-state index in [9.17, 15) is 18.0 Å². The topological polar surface area (TPSA) is 40.5 Å². The molecular weight excluding hydrogens is 247 g/mol. The highest BCUT2D eigenvalue weighted by Crippen LogP contribution is 2.30. The van der Waals surface area contributed by atoms with E-state index >= 15 is 0 Å². The van der Waals surface area contributed by atoms with Gasteiger partial charge in [-0.2, -0.15) is 13.2 Å². The highest BCUT2D eigenvalue weighted by atomic mass is 19.4. The van der Waals surface area contributed by atoms with Gasteiger partial charge in [0.25, 0.3) is 0 Å². The van der Waals surface area contributed by atoms with E-state index in [1.54, 1.807) is 0 Å². The molecule has 1 unspecified atom stereocenters. The lowest BCUT2D eigenvalue weighted by molar-refractivity contribution is -0.189. The first kappa shape index (κ1) is 15.3. The van der Waals surface area contributed by atoms with Crippen LogP contribution in [0.5, 0.6) is 0 Å². The SMILES string of the molecule is CN(CC1CCCCC1)C(CC(=O)O)C(F)(F)F. The van der Waals surface area contributed by atoms with Gasteiger partial charge in [-0.25, -0.2) is 0 Å². The minimum absolute atomic E-state index is 0.266. The number of carbonyl (C=O) groups is 1. The molecule has 0 heterocycles. The number of carboxylic acids is 1. The van der Waals surface area contributed by atoms with Crippen molar-refractivity contribution in [3.63, 3.8) is 0 Å². The molecule has 18 heavy (non-hydrogen) atoms. The summed E-state index contributed by atoms with van der Waals surface area (Å²) in [7, 11) is 1.37. The van der Waals surface area contributed by atoms with Crippen LogP contribution in [0.15, 0.2) is 0 Å². The second-order valence-corrected chi connectivity index (χ2v) is 5.10. The average Bonchev–Trinajstić information content (AvgIpc) is 2.25. The predicted octanol–water partition coefficient (Wildman–Crippen LogP) is 2.90. The third-order valence-electron chi connectivity index (χ3n) is 3.55.